The van der Waals surface area contributed by atoms with Crippen molar-refractivity contribution in [2.24, 2.45) is 0 Å². The van der Waals surface area contributed by atoms with Crippen molar-refractivity contribution < 1.29 is 14.7 Å². The average molecular weight is 280 g/mol. The molecule has 19 heavy (non-hydrogen) atoms. The van der Waals surface area contributed by atoms with Crippen molar-refractivity contribution in [3.8, 4) is 0 Å². The zero-order chi connectivity index (χ0) is 14.0. The summed E-state index contributed by atoms with van der Waals surface area (Å²) in [6.45, 7) is 3.17. The SMILES string of the molecule is CC(=O)c1sc(NC(C)c2ncc[nH]2)nc1C(=O)O. The molecule has 1 unspecified atom stereocenters. The lowest BCUT2D eigenvalue weighted by molar-refractivity contribution is 0.0687. The van der Waals surface area contributed by atoms with E-state index in [9.17, 15) is 9.59 Å². The second-order valence-electron chi connectivity index (χ2n) is 3.90. The van der Waals surface area contributed by atoms with E-state index < -0.39 is 5.97 Å². The van der Waals surface area contributed by atoms with Crippen LogP contribution in [0.25, 0.3) is 0 Å². The van der Waals surface area contributed by atoms with E-state index in [0.717, 1.165) is 11.3 Å². The Labute approximate surface area is 112 Å². The third kappa shape index (κ3) is 2.79. The summed E-state index contributed by atoms with van der Waals surface area (Å²) in [6, 6.07) is -0.164. The van der Waals surface area contributed by atoms with Crippen molar-refractivity contribution in [3.05, 3.63) is 28.8 Å². The van der Waals surface area contributed by atoms with Crippen molar-refractivity contribution in [1.29, 1.82) is 0 Å². The number of imidazole rings is 1. The van der Waals surface area contributed by atoms with Gasteiger partial charge in [-0.2, -0.15) is 0 Å². The molecule has 2 aromatic rings. The number of nitrogens with one attached hydrogen (secondary N) is 2. The Balaban J connectivity index is 2.24. The summed E-state index contributed by atoms with van der Waals surface area (Å²) < 4.78 is 0. The number of H-pyrrole nitrogens is 1. The Morgan fingerprint density at radius 2 is 2.26 bits per heavy atom. The van der Waals surface area contributed by atoms with Crippen LogP contribution in [0.4, 0.5) is 5.13 Å². The third-order valence-corrected chi connectivity index (χ3v) is 3.51. The molecule has 0 aromatic carbocycles. The van der Waals surface area contributed by atoms with Crippen LogP contribution in [0.1, 0.15) is 45.9 Å². The van der Waals surface area contributed by atoms with Crippen LogP contribution in [0, 0.1) is 0 Å². The lowest BCUT2D eigenvalue weighted by Gasteiger charge is -2.09. The summed E-state index contributed by atoms with van der Waals surface area (Å²) in [4.78, 5) is 33.5. The maximum absolute atomic E-state index is 11.4. The topological polar surface area (TPSA) is 108 Å². The predicted molar refractivity (Wildman–Crippen MR) is 69.7 cm³/mol. The highest BCUT2D eigenvalue weighted by molar-refractivity contribution is 7.17. The van der Waals surface area contributed by atoms with Gasteiger partial charge < -0.3 is 15.4 Å². The molecule has 8 heteroatoms. The van der Waals surface area contributed by atoms with E-state index in [1.807, 2.05) is 6.92 Å². The van der Waals surface area contributed by atoms with Crippen LogP contribution >= 0.6 is 11.3 Å². The highest BCUT2D eigenvalue weighted by Gasteiger charge is 2.21. The number of thiazole rings is 1. The van der Waals surface area contributed by atoms with Gasteiger partial charge in [0.15, 0.2) is 16.6 Å². The minimum atomic E-state index is -1.21. The Bertz CT molecular complexity index is 574. The summed E-state index contributed by atoms with van der Waals surface area (Å²) in [5.41, 5.74) is -0.216. The first-order chi connectivity index (χ1) is 8.99. The lowest BCUT2D eigenvalue weighted by Crippen LogP contribution is -2.08. The van der Waals surface area contributed by atoms with Gasteiger partial charge in [0.25, 0.3) is 0 Å². The predicted octanol–water partition coefficient (Wildman–Crippen LogP) is 1.94. The van der Waals surface area contributed by atoms with Gasteiger partial charge in [-0.05, 0) is 6.92 Å². The van der Waals surface area contributed by atoms with Crippen molar-refractivity contribution in [3.63, 3.8) is 0 Å². The van der Waals surface area contributed by atoms with Crippen molar-refractivity contribution in [1.82, 2.24) is 15.0 Å². The van der Waals surface area contributed by atoms with Gasteiger partial charge in [0.05, 0.1) is 6.04 Å². The van der Waals surface area contributed by atoms with E-state index in [4.69, 9.17) is 5.11 Å². The van der Waals surface area contributed by atoms with Gasteiger partial charge in [0, 0.05) is 19.3 Å². The number of aromatic amines is 1. The second kappa shape index (κ2) is 5.19. The maximum Gasteiger partial charge on any atom is 0.356 e. The van der Waals surface area contributed by atoms with Gasteiger partial charge in [-0.1, -0.05) is 11.3 Å². The van der Waals surface area contributed by atoms with E-state index in [1.54, 1.807) is 12.4 Å². The van der Waals surface area contributed by atoms with Gasteiger partial charge in [0.1, 0.15) is 10.7 Å². The largest absolute Gasteiger partial charge is 0.476 e. The monoisotopic (exact) mass is 280 g/mol. The standard InChI is InChI=1S/C11H12N4O3S/c1-5(9-12-3-4-13-9)14-11-15-7(10(17)18)8(19-11)6(2)16/h3-5H,1-2H3,(H,12,13)(H,14,15)(H,17,18). The zero-order valence-electron chi connectivity index (χ0n) is 10.3. The zero-order valence-corrected chi connectivity index (χ0v) is 11.1. The first-order valence-electron chi connectivity index (χ1n) is 5.50. The molecule has 2 heterocycles. The first-order valence-corrected chi connectivity index (χ1v) is 6.31. The molecule has 1 atom stereocenters. The van der Waals surface area contributed by atoms with E-state index in [-0.39, 0.29) is 22.4 Å². The summed E-state index contributed by atoms with van der Waals surface area (Å²) in [6.07, 6.45) is 3.32. The van der Waals surface area contributed by atoms with E-state index in [0.29, 0.717) is 11.0 Å². The number of aromatic carboxylic acids is 1. The number of carboxylic acid groups (broad SMARTS) is 1. The molecule has 2 aromatic heterocycles. The van der Waals surface area contributed by atoms with Crippen LogP contribution in [0.5, 0.6) is 0 Å². The van der Waals surface area contributed by atoms with Gasteiger partial charge in [-0.15, -0.1) is 0 Å². The number of carboxylic acids is 1. The number of Topliss-reactive ketones (excluding diaryl/α,β-unsaturated/α-hetero) is 1. The Kier molecular flexibility index (Phi) is 3.61. The summed E-state index contributed by atoms with van der Waals surface area (Å²) in [5.74, 6) is -0.815. The third-order valence-electron chi connectivity index (χ3n) is 2.42. The molecule has 0 amide bonds. The number of aromatic nitrogens is 3. The summed E-state index contributed by atoms with van der Waals surface area (Å²) >= 11 is 1.03. The highest BCUT2D eigenvalue weighted by atomic mass is 32.1. The molecule has 0 radical (unpaired) electrons. The molecule has 0 fully saturated rings. The van der Waals surface area contributed by atoms with Gasteiger partial charge >= 0.3 is 5.97 Å². The average Bonchev–Trinajstić information content (AvgIpc) is 2.97. The molecule has 7 nitrogen and oxygen atoms in total. The Hall–Kier alpha value is -2.22. The fourth-order valence-electron chi connectivity index (χ4n) is 1.53. The molecule has 0 bridgehead atoms. The highest BCUT2D eigenvalue weighted by Crippen LogP contribution is 2.26. The minimum absolute atomic E-state index is 0.140. The van der Waals surface area contributed by atoms with Crippen molar-refractivity contribution in [2.75, 3.05) is 5.32 Å². The number of hydrogen-bond donors (Lipinski definition) is 3. The fourth-order valence-corrected chi connectivity index (χ4v) is 2.47. The molecule has 2 rings (SSSR count). The van der Waals surface area contributed by atoms with E-state index in [2.05, 4.69) is 20.3 Å². The van der Waals surface area contributed by atoms with Gasteiger partial charge in [-0.25, -0.2) is 14.8 Å². The van der Waals surface area contributed by atoms with Crippen LogP contribution < -0.4 is 5.32 Å². The number of hydrogen-bond acceptors (Lipinski definition) is 6. The number of anilines is 1. The van der Waals surface area contributed by atoms with Gasteiger partial charge in [-0.3, -0.25) is 4.79 Å². The minimum Gasteiger partial charge on any atom is -0.476 e. The van der Waals surface area contributed by atoms with Crippen LogP contribution in [-0.4, -0.2) is 31.8 Å². The molecule has 0 aliphatic heterocycles. The molecule has 0 aliphatic rings. The fraction of sp³-hybridized carbons (Fsp3) is 0.273. The molecular weight excluding hydrogens is 268 g/mol. The summed E-state index contributed by atoms with van der Waals surface area (Å²) in [5, 5.41) is 12.4. The number of carbonyl (C=O) groups is 2. The molecule has 0 spiro atoms. The van der Waals surface area contributed by atoms with Crippen molar-refractivity contribution in [2.45, 2.75) is 19.9 Å². The number of carbonyl (C=O) groups excluding carboxylic acids is 1. The number of rotatable bonds is 5. The molecule has 3 N–H and O–H groups in total. The van der Waals surface area contributed by atoms with Crippen LogP contribution in [-0.2, 0) is 0 Å². The quantitative estimate of drug-likeness (QED) is 0.722. The Morgan fingerprint density at radius 3 is 2.74 bits per heavy atom. The lowest BCUT2D eigenvalue weighted by atomic mass is 10.3. The summed E-state index contributed by atoms with van der Waals surface area (Å²) in [7, 11) is 0. The Morgan fingerprint density at radius 1 is 1.53 bits per heavy atom. The van der Waals surface area contributed by atoms with Crippen LogP contribution in [0.15, 0.2) is 12.4 Å². The van der Waals surface area contributed by atoms with Crippen molar-refractivity contribution >= 4 is 28.2 Å². The molecular formula is C11H12N4O3S. The second-order valence-corrected chi connectivity index (χ2v) is 4.90. The number of nitrogens with zero attached hydrogens (tertiary/aromatic N) is 2. The van der Waals surface area contributed by atoms with Crippen LogP contribution in [0.3, 0.4) is 0 Å². The molecule has 0 saturated carbocycles. The first kappa shape index (κ1) is 13.2. The molecule has 0 saturated heterocycles. The smallest absolute Gasteiger partial charge is 0.356 e. The van der Waals surface area contributed by atoms with Gasteiger partial charge in [0.2, 0.25) is 0 Å². The normalized spacial score (nSPS) is 12.1. The molecule has 100 valence electrons. The maximum atomic E-state index is 11.4. The van der Waals surface area contributed by atoms with E-state index in [1.165, 1.54) is 6.92 Å². The van der Waals surface area contributed by atoms with E-state index >= 15 is 0 Å². The van der Waals surface area contributed by atoms with Crippen LogP contribution in [0.2, 0.25) is 0 Å². The molecule has 0 aliphatic carbocycles. The number of ketones is 1.